The number of methoxy groups -OCH3 is 1. The van der Waals surface area contributed by atoms with E-state index in [4.69, 9.17) is 9.26 Å². The fraction of sp³-hybridized carbons (Fsp3) is 0.294. The number of hydrogen-bond acceptors (Lipinski definition) is 6. The highest BCUT2D eigenvalue weighted by molar-refractivity contribution is 5.92. The molecule has 0 aliphatic heterocycles. The zero-order chi connectivity index (χ0) is 17.1. The van der Waals surface area contributed by atoms with Gasteiger partial charge in [-0.2, -0.15) is 4.98 Å². The van der Waals surface area contributed by atoms with Crippen molar-refractivity contribution in [3.63, 3.8) is 0 Å². The van der Waals surface area contributed by atoms with E-state index < -0.39 is 0 Å². The van der Waals surface area contributed by atoms with Gasteiger partial charge in [0.15, 0.2) is 5.82 Å². The molecule has 2 aromatic heterocycles. The summed E-state index contributed by atoms with van der Waals surface area (Å²) >= 11 is 0. The summed E-state index contributed by atoms with van der Waals surface area (Å²) in [4.78, 5) is 21.7. The van der Waals surface area contributed by atoms with E-state index in [0.717, 1.165) is 16.5 Å². The smallest absolute Gasteiger partial charge is 0.258 e. The number of ether oxygens (including phenoxy) is 1. The van der Waals surface area contributed by atoms with Crippen LogP contribution in [-0.2, 0) is 11.2 Å². The first kappa shape index (κ1) is 15.9. The molecule has 0 spiro atoms. The molecule has 124 valence electrons. The molecule has 2 heterocycles. The van der Waals surface area contributed by atoms with Crippen LogP contribution >= 0.6 is 0 Å². The number of hydrogen-bond donors (Lipinski definition) is 0. The number of rotatable bonds is 5. The zero-order valence-electron chi connectivity index (χ0n) is 13.8. The number of nitrogens with zero attached hydrogens (tertiary/aromatic N) is 4. The molecular weight excluding hydrogens is 308 g/mol. The molecule has 0 N–H and O–H groups in total. The van der Waals surface area contributed by atoms with E-state index in [9.17, 15) is 4.79 Å². The second-order valence-corrected chi connectivity index (χ2v) is 5.44. The van der Waals surface area contributed by atoms with Crippen molar-refractivity contribution < 1.29 is 14.1 Å². The molecule has 1 aromatic carbocycles. The molecule has 7 heteroatoms. The van der Waals surface area contributed by atoms with Gasteiger partial charge >= 0.3 is 0 Å². The Hall–Kier alpha value is -2.96. The highest BCUT2D eigenvalue weighted by Gasteiger charge is 2.15. The van der Waals surface area contributed by atoms with Gasteiger partial charge in [0.05, 0.1) is 18.2 Å². The monoisotopic (exact) mass is 326 g/mol. The molecule has 0 bridgehead atoms. The first-order chi connectivity index (χ1) is 11.6. The number of benzene rings is 1. The Bertz CT molecular complexity index is 875. The number of fused-ring (bicyclic) bond motifs is 1. The molecule has 24 heavy (non-hydrogen) atoms. The lowest BCUT2D eigenvalue weighted by Gasteiger charge is -2.12. The van der Waals surface area contributed by atoms with Crippen LogP contribution in [0.25, 0.3) is 22.4 Å². The minimum atomic E-state index is 0.00332. The topological polar surface area (TPSA) is 81.4 Å². The molecule has 0 atom stereocenters. The van der Waals surface area contributed by atoms with Crippen molar-refractivity contribution in [2.24, 2.45) is 0 Å². The Morgan fingerprint density at radius 1 is 1.29 bits per heavy atom. The Balaban J connectivity index is 1.92. The maximum Gasteiger partial charge on any atom is 0.258 e. The lowest BCUT2D eigenvalue weighted by molar-refractivity contribution is -0.127. The molecule has 3 rings (SSSR count). The number of aromatic nitrogens is 3. The van der Waals surface area contributed by atoms with Gasteiger partial charge in [-0.25, -0.2) is 4.98 Å². The molecule has 0 aliphatic rings. The highest BCUT2D eigenvalue weighted by atomic mass is 16.5. The van der Waals surface area contributed by atoms with Crippen LogP contribution < -0.4 is 4.74 Å². The van der Waals surface area contributed by atoms with Gasteiger partial charge < -0.3 is 14.2 Å². The number of pyridine rings is 1. The number of amides is 1. The van der Waals surface area contributed by atoms with E-state index in [1.807, 2.05) is 24.3 Å². The van der Waals surface area contributed by atoms with E-state index in [1.165, 1.54) is 6.92 Å². The summed E-state index contributed by atoms with van der Waals surface area (Å²) in [5, 5.41) is 4.91. The SMILES string of the molecule is COc1cc(-c2nc(CCN(C)C(C)=O)no2)c2ccccc2n1. The van der Waals surface area contributed by atoms with Gasteiger partial charge in [0.25, 0.3) is 5.89 Å². The summed E-state index contributed by atoms with van der Waals surface area (Å²) in [5.41, 5.74) is 1.57. The normalized spacial score (nSPS) is 10.8. The van der Waals surface area contributed by atoms with Gasteiger partial charge in [-0.3, -0.25) is 4.79 Å². The largest absolute Gasteiger partial charge is 0.481 e. The molecular formula is C17H18N4O3. The predicted octanol–water partition coefficient (Wildman–Crippen LogP) is 2.31. The number of para-hydroxylation sites is 1. The van der Waals surface area contributed by atoms with E-state index in [0.29, 0.717) is 30.6 Å². The molecule has 0 saturated heterocycles. The Morgan fingerprint density at radius 2 is 2.08 bits per heavy atom. The minimum Gasteiger partial charge on any atom is -0.481 e. The number of likely N-dealkylation sites (N-methyl/N-ethyl adjacent to an activating group) is 1. The van der Waals surface area contributed by atoms with Crippen LogP contribution in [0.4, 0.5) is 0 Å². The quantitative estimate of drug-likeness (QED) is 0.715. The van der Waals surface area contributed by atoms with E-state index in [2.05, 4.69) is 15.1 Å². The Labute approximate surface area is 139 Å². The van der Waals surface area contributed by atoms with Crippen molar-refractivity contribution in [3.8, 4) is 17.3 Å². The van der Waals surface area contributed by atoms with Crippen LogP contribution in [0.5, 0.6) is 5.88 Å². The molecule has 7 nitrogen and oxygen atoms in total. The van der Waals surface area contributed by atoms with Gasteiger partial charge in [0, 0.05) is 38.4 Å². The maximum absolute atomic E-state index is 11.2. The molecule has 0 saturated carbocycles. The third-order valence-corrected chi connectivity index (χ3v) is 3.81. The molecule has 0 radical (unpaired) electrons. The summed E-state index contributed by atoms with van der Waals surface area (Å²) < 4.78 is 10.7. The Morgan fingerprint density at radius 3 is 2.83 bits per heavy atom. The maximum atomic E-state index is 11.2. The van der Waals surface area contributed by atoms with Crippen molar-refractivity contribution in [3.05, 3.63) is 36.2 Å². The second kappa shape index (κ2) is 6.66. The van der Waals surface area contributed by atoms with Gasteiger partial charge in [-0.1, -0.05) is 23.4 Å². The lowest BCUT2D eigenvalue weighted by atomic mass is 10.1. The first-order valence-electron chi connectivity index (χ1n) is 7.57. The highest BCUT2D eigenvalue weighted by Crippen LogP contribution is 2.29. The van der Waals surface area contributed by atoms with Crippen molar-refractivity contribution >= 4 is 16.8 Å². The van der Waals surface area contributed by atoms with Crippen LogP contribution in [0.2, 0.25) is 0 Å². The minimum absolute atomic E-state index is 0.00332. The van der Waals surface area contributed by atoms with Crippen molar-refractivity contribution in [1.82, 2.24) is 20.0 Å². The summed E-state index contributed by atoms with van der Waals surface area (Å²) in [6.45, 7) is 2.06. The predicted molar refractivity (Wildman–Crippen MR) is 88.6 cm³/mol. The summed E-state index contributed by atoms with van der Waals surface area (Å²) in [6.07, 6.45) is 0.528. The van der Waals surface area contributed by atoms with Crippen LogP contribution in [-0.4, -0.2) is 46.6 Å². The van der Waals surface area contributed by atoms with Gasteiger partial charge in [-0.15, -0.1) is 0 Å². The van der Waals surface area contributed by atoms with Crippen molar-refractivity contribution in [2.75, 3.05) is 20.7 Å². The van der Waals surface area contributed by atoms with Crippen LogP contribution in [0.1, 0.15) is 12.7 Å². The summed E-state index contributed by atoms with van der Waals surface area (Å²) in [6, 6.07) is 9.47. The average Bonchev–Trinajstić information content (AvgIpc) is 3.07. The average molecular weight is 326 g/mol. The second-order valence-electron chi connectivity index (χ2n) is 5.44. The van der Waals surface area contributed by atoms with Crippen LogP contribution in [0.3, 0.4) is 0 Å². The fourth-order valence-corrected chi connectivity index (χ4v) is 2.32. The lowest BCUT2D eigenvalue weighted by Crippen LogP contribution is -2.26. The van der Waals surface area contributed by atoms with E-state index >= 15 is 0 Å². The standard InChI is InChI=1S/C17H18N4O3/c1-11(22)21(2)9-8-15-19-17(24-20-15)13-10-16(23-3)18-14-7-5-4-6-12(13)14/h4-7,10H,8-9H2,1-3H3. The van der Waals surface area contributed by atoms with Gasteiger partial charge in [-0.05, 0) is 6.07 Å². The molecule has 0 fully saturated rings. The molecule has 1 amide bonds. The molecule has 0 unspecified atom stereocenters. The molecule has 0 aliphatic carbocycles. The van der Waals surface area contributed by atoms with Gasteiger partial charge in [0.1, 0.15) is 0 Å². The summed E-state index contributed by atoms with van der Waals surface area (Å²) in [5.74, 6) is 1.45. The van der Waals surface area contributed by atoms with Gasteiger partial charge in [0.2, 0.25) is 11.8 Å². The number of carbonyl (C=O) groups excluding carboxylic acids is 1. The van der Waals surface area contributed by atoms with Crippen molar-refractivity contribution in [2.45, 2.75) is 13.3 Å². The number of carbonyl (C=O) groups is 1. The van der Waals surface area contributed by atoms with Crippen molar-refractivity contribution in [1.29, 1.82) is 0 Å². The fourth-order valence-electron chi connectivity index (χ4n) is 2.32. The van der Waals surface area contributed by atoms with Crippen LogP contribution in [0.15, 0.2) is 34.9 Å². The van der Waals surface area contributed by atoms with Crippen LogP contribution in [0, 0.1) is 0 Å². The van der Waals surface area contributed by atoms with E-state index in [-0.39, 0.29) is 5.91 Å². The molecule has 3 aromatic rings. The Kier molecular flexibility index (Phi) is 4.41. The zero-order valence-corrected chi connectivity index (χ0v) is 13.8. The third kappa shape index (κ3) is 3.19. The third-order valence-electron chi connectivity index (χ3n) is 3.81. The van der Waals surface area contributed by atoms with E-state index in [1.54, 1.807) is 25.1 Å². The first-order valence-corrected chi connectivity index (χ1v) is 7.57. The summed E-state index contributed by atoms with van der Waals surface area (Å²) in [7, 11) is 3.31.